The fourth-order valence-electron chi connectivity index (χ4n) is 3.73. The lowest BCUT2D eigenvalue weighted by atomic mass is 10.0. The highest BCUT2D eigenvalue weighted by Gasteiger charge is 2.36. The van der Waals surface area contributed by atoms with E-state index in [0.29, 0.717) is 23.6 Å². The van der Waals surface area contributed by atoms with Crippen molar-refractivity contribution in [2.24, 2.45) is 0 Å². The summed E-state index contributed by atoms with van der Waals surface area (Å²) in [6.07, 6.45) is 1.51. The fourth-order valence-corrected chi connectivity index (χ4v) is 3.95. The molecular weight excluding hydrogens is 402 g/mol. The predicted molar refractivity (Wildman–Crippen MR) is 116 cm³/mol. The van der Waals surface area contributed by atoms with Crippen LogP contribution in [0, 0.1) is 0 Å². The van der Waals surface area contributed by atoms with Crippen molar-refractivity contribution in [1.82, 2.24) is 15.1 Å². The summed E-state index contributed by atoms with van der Waals surface area (Å²) in [5.41, 5.74) is 1.18. The molecule has 0 bridgehead atoms. The summed E-state index contributed by atoms with van der Waals surface area (Å²) >= 11 is 6.16. The topological polar surface area (TPSA) is 69.7 Å². The van der Waals surface area contributed by atoms with Gasteiger partial charge < -0.3 is 15.1 Å². The number of amides is 3. The van der Waals surface area contributed by atoms with Gasteiger partial charge in [0.2, 0.25) is 11.8 Å². The largest absolute Gasteiger partial charge is 0.347 e. The van der Waals surface area contributed by atoms with Gasteiger partial charge in [0.1, 0.15) is 6.04 Å². The molecule has 1 aliphatic rings. The molecule has 158 valence electrons. The number of likely N-dealkylation sites (tertiary alicyclic amines) is 1. The van der Waals surface area contributed by atoms with Gasteiger partial charge in [0.05, 0.1) is 23.0 Å². The highest BCUT2D eigenvalue weighted by Crippen LogP contribution is 2.25. The predicted octanol–water partition coefficient (Wildman–Crippen LogP) is 3.28. The molecule has 0 spiro atoms. The van der Waals surface area contributed by atoms with E-state index in [9.17, 15) is 14.4 Å². The summed E-state index contributed by atoms with van der Waals surface area (Å²) in [6.45, 7) is 0.545. The maximum absolute atomic E-state index is 13.1. The minimum Gasteiger partial charge on any atom is -0.347 e. The first-order valence-electron chi connectivity index (χ1n) is 9.99. The Hall–Kier alpha value is -2.86. The van der Waals surface area contributed by atoms with Gasteiger partial charge in [-0.05, 0) is 30.5 Å². The molecule has 2 aromatic carbocycles. The standard InChI is InChI=1S/C23H26ClN3O3/c1-26(2)23(30)20-13-8-14-27(20)21(28)15-19(16-9-4-3-5-10-16)25-22(29)17-11-6-7-12-18(17)24/h3-7,9-12,19-20H,8,13-15H2,1-2H3,(H,25,29). The number of nitrogens with one attached hydrogen (secondary N) is 1. The molecule has 2 aromatic rings. The van der Waals surface area contributed by atoms with E-state index in [-0.39, 0.29) is 24.1 Å². The zero-order valence-corrected chi connectivity index (χ0v) is 17.9. The first kappa shape index (κ1) is 21.8. The second kappa shape index (κ2) is 9.76. The Bertz CT molecular complexity index is 917. The zero-order valence-electron chi connectivity index (χ0n) is 17.2. The van der Waals surface area contributed by atoms with Crippen LogP contribution in [0.3, 0.4) is 0 Å². The molecule has 1 fully saturated rings. The Kier molecular flexibility index (Phi) is 7.11. The van der Waals surface area contributed by atoms with E-state index >= 15 is 0 Å². The Balaban J connectivity index is 1.80. The normalized spacial score (nSPS) is 16.8. The monoisotopic (exact) mass is 427 g/mol. The number of likely N-dealkylation sites (N-methyl/N-ethyl adjacent to an activating group) is 1. The number of rotatable bonds is 6. The van der Waals surface area contributed by atoms with Crippen molar-refractivity contribution >= 4 is 29.3 Å². The van der Waals surface area contributed by atoms with Crippen LogP contribution in [0.4, 0.5) is 0 Å². The van der Waals surface area contributed by atoms with Crippen LogP contribution in [0.25, 0.3) is 0 Å². The third kappa shape index (κ3) is 5.00. The first-order chi connectivity index (χ1) is 14.4. The molecule has 1 N–H and O–H groups in total. The van der Waals surface area contributed by atoms with Gasteiger partial charge in [-0.1, -0.05) is 54.1 Å². The van der Waals surface area contributed by atoms with E-state index in [0.717, 1.165) is 12.0 Å². The zero-order chi connectivity index (χ0) is 21.7. The lowest BCUT2D eigenvalue weighted by Crippen LogP contribution is -2.46. The van der Waals surface area contributed by atoms with Crippen LogP contribution in [0.15, 0.2) is 54.6 Å². The quantitative estimate of drug-likeness (QED) is 0.769. The van der Waals surface area contributed by atoms with Gasteiger partial charge in [0.15, 0.2) is 0 Å². The molecule has 1 aliphatic heterocycles. The van der Waals surface area contributed by atoms with Gasteiger partial charge in [-0.3, -0.25) is 14.4 Å². The third-order valence-electron chi connectivity index (χ3n) is 5.30. The van der Waals surface area contributed by atoms with Crippen LogP contribution < -0.4 is 5.32 Å². The number of carbonyl (C=O) groups excluding carboxylic acids is 3. The number of hydrogen-bond donors (Lipinski definition) is 1. The Morgan fingerprint density at radius 2 is 1.77 bits per heavy atom. The molecular formula is C23H26ClN3O3. The maximum atomic E-state index is 13.1. The van der Waals surface area contributed by atoms with Crippen LogP contribution in [-0.4, -0.2) is 54.2 Å². The number of benzene rings is 2. The van der Waals surface area contributed by atoms with Crippen LogP contribution in [-0.2, 0) is 9.59 Å². The first-order valence-corrected chi connectivity index (χ1v) is 10.4. The van der Waals surface area contributed by atoms with Crippen LogP contribution in [0.1, 0.15) is 41.2 Å². The van der Waals surface area contributed by atoms with Crippen molar-refractivity contribution in [3.05, 3.63) is 70.7 Å². The molecule has 0 saturated carbocycles. The summed E-state index contributed by atoms with van der Waals surface area (Å²) in [7, 11) is 3.39. The molecule has 0 aromatic heterocycles. The van der Waals surface area contributed by atoms with E-state index in [1.807, 2.05) is 30.3 Å². The summed E-state index contributed by atoms with van der Waals surface area (Å²) in [5.74, 6) is -0.567. The molecule has 0 aliphatic carbocycles. The van der Waals surface area contributed by atoms with Gasteiger partial charge >= 0.3 is 0 Å². The molecule has 30 heavy (non-hydrogen) atoms. The molecule has 2 atom stereocenters. The number of nitrogens with zero attached hydrogens (tertiary/aromatic N) is 2. The Labute approximate surface area is 181 Å². The molecule has 6 nitrogen and oxygen atoms in total. The summed E-state index contributed by atoms with van der Waals surface area (Å²) in [6, 6.07) is 15.2. The van der Waals surface area contributed by atoms with Crippen molar-refractivity contribution in [2.45, 2.75) is 31.3 Å². The van der Waals surface area contributed by atoms with Crippen molar-refractivity contribution < 1.29 is 14.4 Å². The van der Waals surface area contributed by atoms with Gasteiger partial charge in [-0.2, -0.15) is 0 Å². The van der Waals surface area contributed by atoms with Crippen molar-refractivity contribution in [1.29, 1.82) is 0 Å². The van der Waals surface area contributed by atoms with Crippen LogP contribution >= 0.6 is 11.6 Å². The van der Waals surface area contributed by atoms with Gasteiger partial charge in [-0.15, -0.1) is 0 Å². The van der Waals surface area contributed by atoms with E-state index in [4.69, 9.17) is 11.6 Å². The molecule has 2 unspecified atom stereocenters. The smallest absolute Gasteiger partial charge is 0.253 e. The van der Waals surface area contributed by atoms with Crippen molar-refractivity contribution in [2.75, 3.05) is 20.6 Å². The molecule has 1 heterocycles. The van der Waals surface area contributed by atoms with E-state index in [2.05, 4.69) is 5.32 Å². The highest BCUT2D eigenvalue weighted by atomic mass is 35.5. The van der Waals surface area contributed by atoms with Crippen molar-refractivity contribution in [3.63, 3.8) is 0 Å². The van der Waals surface area contributed by atoms with E-state index < -0.39 is 12.1 Å². The SMILES string of the molecule is CN(C)C(=O)C1CCCN1C(=O)CC(NC(=O)c1ccccc1Cl)c1ccccc1. The van der Waals surface area contributed by atoms with Gasteiger partial charge in [0.25, 0.3) is 5.91 Å². The van der Waals surface area contributed by atoms with Gasteiger partial charge in [-0.25, -0.2) is 0 Å². The Morgan fingerprint density at radius 1 is 1.10 bits per heavy atom. The minimum atomic E-state index is -0.529. The van der Waals surface area contributed by atoms with Crippen LogP contribution in [0.2, 0.25) is 5.02 Å². The third-order valence-corrected chi connectivity index (χ3v) is 5.63. The second-order valence-corrected chi connectivity index (χ2v) is 8.01. The summed E-state index contributed by atoms with van der Waals surface area (Å²) in [5, 5.41) is 3.30. The minimum absolute atomic E-state index is 0.0669. The van der Waals surface area contributed by atoms with Gasteiger partial charge in [0, 0.05) is 20.6 Å². The average molecular weight is 428 g/mol. The molecule has 3 amide bonds. The average Bonchev–Trinajstić information content (AvgIpc) is 3.23. The molecule has 7 heteroatoms. The highest BCUT2D eigenvalue weighted by molar-refractivity contribution is 6.33. The lowest BCUT2D eigenvalue weighted by molar-refractivity contribution is -0.142. The number of halogens is 1. The fraction of sp³-hybridized carbons (Fsp3) is 0.348. The second-order valence-electron chi connectivity index (χ2n) is 7.60. The molecule has 3 rings (SSSR count). The number of hydrogen-bond acceptors (Lipinski definition) is 3. The lowest BCUT2D eigenvalue weighted by Gasteiger charge is -2.28. The van der Waals surface area contributed by atoms with Crippen LogP contribution in [0.5, 0.6) is 0 Å². The Morgan fingerprint density at radius 3 is 2.43 bits per heavy atom. The maximum Gasteiger partial charge on any atom is 0.253 e. The van der Waals surface area contributed by atoms with E-state index in [1.54, 1.807) is 43.3 Å². The van der Waals surface area contributed by atoms with E-state index in [1.165, 1.54) is 4.90 Å². The van der Waals surface area contributed by atoms with Crippen molar-refractivity contribution in [3.8, 4) is 0 Å². The number of carbonyl (C=O) groups is 3. The summed E-state index contributed by atoms with van der Waals surface area (Å²) in [4.78, 5) is 41.6. The molecule has 1 saturated heterocycles. The summed E-state index contributed by atoms with van der Waals surface area (Å²) < 4.78 is 0. The molecule has 0 radical (unpaired) electrons.